The maximum absolute atomic E-state index is 13.1. The SMILES string of the molecule is C[C@H](N)c1cccc(-c2nc(C(=O)Nc3ccccc3CC(=O)O)c3cccn3n2)c1. The number of benzene rings is 2. The van der Waals surface area contributed by atoms with E-state index in [2.05, 4.69) is 15.4 Å². The molecule has 156 valence electrons. The van der Waals surface area contributed by atoms with Gasteiger partial charge in [-0.15, -0.1) is 5.10 Å². The topological polar surface area (TPSA) is 123 Å². The molecule has 0 unspecified atom stereocenters. The molecule has 31 heavy (non-hydrogen) atoms. The highest BCUT2D eigenvalue weighted by Gasteiger charge is 2.18. The predicted molar refractivity (Wildman–Crippen MR) is 117 cm³/mol. The van der Waals surface area contributed by atoms with Crippen LogP contribution in [0.3, 0.4) is 0 Å². The summed E-state index contributed by atoms with van der Waals surface area (Å²) in [7, 11) is 0. The molecule has 4 N–H and O–H groups in total. The van der Waals surface area contributed by atoms with Crippen LogP contribution in [0.1, 0.15) is 34.6 Å². The van der Waals surface area contributed by atoms with Gasteiger partial charge in [0.15, 0.2) is 11.5 Å². The molecule has 0 spiro atoms. The Morgan fingerprint density at radius 2 is 1.94 bits per heavy atom. The Bertz CT molecular complexity index is 1280. The van der Waals surface area contributed by atoms with Gasteiger partial charge in [0, 0.05) is 23.5 Å². The van der Waals surface area contributed by atoms with Gasteiger partial charge in [-0.1, -0.05) is 36.4 Å². The molecule has 0 saturated carbocycles. The molecule has 0 fully saturated rings. The lowest BCUT2D eigenvalue weighted by atomic mass is 10.1. The molecule has 4 rings (SSSR count). The third-order valence-corrected chi connectivity index (χ3v) is 4.88. The maximum atomic E-state index is 13.1. The summed E-state index contributed by atoms with van der Waals surface area (Å²) < 4.78 is 1.60. The number of carboxylic acid groups (broad SMARTS) is 1. The fourth-order valence-corrected chi connectivity index (χ4v) is 3.33. The zero-order valence-electron chi connectivity index (χ0n) is 16.8. The first kappa shape index (κ1) is 20.2. The number of aliphatic carboxylic acids is 1. The fourth-order valence-electron chi connectivity index (χ4n) is 3.33. The smallest absolute Gasteiger partial charge is 0.307 e. The van der Waals surface area contributed by atoms with Crippen LogP contribution in [0.2, 0.25) is 0 Å². The molecular weight excluding hydrogens is 394 g/mol. The van der Waals surface area contributed by atoms with Gasteiger partial charge in [-0.05, 0) is 42.3 Å². The molecule has 1 atom stereocenters. The number of anilines is 1. The standard InChI is InChI=1S/C23H21N5O3/c1-14(24)15-7-4-8-17(12-15)22-26-21(19-10-5-11-28(19)27-22)23(31)25-18-9-3-2-6-16(18)13-20(29)30/h2-12,14H,13,24H2,1H3,(H,25,31)(H,29,30)/t14-/m0/s1. The van der Waals surface area contributed by atoms with Crippen LogP contribution in [0.4, 0.5) is 5.69 Å². The Labute approximate surface area is 178 Å². The quantitative estimate of drug-likeness (QED) is 0.444. The molecule has 0 bridgehead atoms. The number of para-hydroxylation sites is 1. The van der Waals surface area contributed by atoms with Gasteiger partial charge in [-0.2, -0.15) is 0 Å². The summed E-state index contributed by atoms with van der Waals surface area (Å²) in [6.45, 7) is 1.89. The minimum atomic E-state index is -0.978. The molecule has 2 heterocycles. The van der Waals surface area contributed by atoms with Crippen molar-refractivity contribution in [2.75, 3.05) is 5.32 Å². The van der Waals surface area contributed by atoms with Crippen molar-refractivity contribution < 1.29 is 14.7 Å². The highest BCUT2D eigenvalue weighted by atomic mass is 16.4. The number of carboxylic acids is 1. The number of nitrogens with one attached hydrogen (secondary N) is 1. The van der Waals surface area contributed by atoms with E-state index in [9.17, 15) is 9.59 Å². The Morgan fingerprint density at radius 3 is 2.71 bits per heavy atom. The summed E-state index contributed by atoms with van der Waals surface area (Å²) >= 11 is 0. The fraction of sp³-hybridized carbons (Fsp3) is 0.130. The summed E-state index contributed by atoms with van der Waals surface area (Å²) in [5.74, 6) is -1.04. The second-order valence-corrected chi connectivity index (χ2v) is 7.22. The number of hydrogen-bond donors (Lipinski definition) is 3. The summed E-state index contributed by atoms with van der Waals surface area (Å²) in [5.41, 5.74) is 9.34. The van der Waals surface area contributed by atoms with E-state index in [1.807, 2.05) is 31.2 Å². The van der Waals surface area contributed by atoms with E-state index >= 15 is 0 Å². The number of aromatic nitrogens is 3. The Balaban J connectivity index is 1.75. The normalized spacial score (nSPS) is 11.9. The van der Waals surface area contributed by atoms with Gasteiger partial charge in [0.05, 0.1) is 11.9 Å². The molecule has 0 aliphatic heterocycles. The average molecular weight is 415 g/mol. The summed E-state index contributed by atoms with van der Waals surface area (Å²) in [4.78, 5) is 28.8. The first-order chi connectivity index (χ1) is 14.9. The molecule has 0 aliphatic carbocycles. The molecule has 0 saturated heterocycles. The summed E-state index contributed by atoms with van der Waals surface area (Å²) in [5, 5.41) is 16.5. The van der Waals surface area contributed by atoms with Crippen LogP contribution in [-0.2, 0) is 11.2 Å². The molecular formula is C23H21N5O3. The molecule has 0 radical (unpaired) electrons. The number of nitrogens with zero attached hydrogens (tertiary/aromatic N) is 3. The number of nitrogens with two attached hydrogens (primary N) is 1. The maximum Gasteiger partial charge on any atom is 0.307 e. The Kier molecular flexibility index (Phi) is 5.46. The first-order valence-electron chi connectivity index (χ1n) is 9.75. The van der Waals surface area contributed by atoms with Crippen molar-refractivity contribution in [3.05, 3.63) is 83.7 Å². The lowest BCUT2D eigenvalue weighted by Gasteiger charge is -2.12. The van der Waals surface area contributed by atoms with Gasteiger partial charge in [0.25, 0.3) is 5.91 Å². The number of carbonyl (C=O) groups excluding carboxylic acids is 1. The second-order valence-electron chi connectivity index (χ2n) is 7.22. The van der Waals surface area contributed by atoms with E-state index < -0.39 is 11.9 Å². The lowest BCUT2D eigenvalue weighted by Crippen LogP contribution is -2.18. The van der Waals surface area contributed by atoms with Crippen molar-refractivity contribution in [3.8, 4) is 11.4 Å². The number of amides is 1. The molecule has 1 amide bonds. The highest BCUT2D eigenvalue weighted by molar-refractivity contribution is 6.08. The van der Waals surface area contributed by atoms with E-state index in [0.29, 0.717) is 22.6 Å². The predicted octanol–water partition coefficient (Wildman–Crippen LogP) is 3.30. The third kappa shape index (κ3) is 4.29. The lowest BCUT2D eigenvalue weighted by molar-refractivity contribution is -0.136. The van der Waals surface area contributed by atoms with Crippen molar-refractivity contribution in [3.63, 3.8) is 0 Å². The van der Waals surface area contributed by atoms with Crippen LogP contribution in [-0.4, -0.2) is 31.6 Å². The van der Waals surface area contributed by atoms with Crippen LogP contribution in [0.25, 0.3) is 16.9 Å². The average Bonchev–Trinajstić information content (AvgIpc) is 3.23. The molecule has 2 aromatic carbocycles. The molecule has 8 heteroatoms. The minimum Gasteiger partial charge on any atom is -0.481 e. The molecule has 8 nitrogen and oxygen atoms in total. The van der Waals surface area contributed by atoms with Crippen LogP contribution in [0.15, 0.2) is 66.9 Å². The largest absolute Gasteiger partial charge is 0.481 e. The van der Waals surface area contributed by atoms with Gasteiger partial charge in [0.1, 0.15) is 0 Å². The number of fused-ring (bicyclic) bond motifs is 1. The molecule has 4 aromatic rings. The zero-order chi connectivity index (χ0) is 22.0. The van der Waals surface area contributed by atoms with E-state index in [4.69, 9.17) is 10.8 Å². The van der Waals surface area contributed by atoms with Gasteiger partial charge in [-0.3, -0.25) is 9.59 Å². The van der Waals surface area contributed by atoms with Gasteiger partial charge in [-0.25, -0.2) is 9.50 Å². The van der Waals surface area contributed by atoms with E-state index in [1.54, 1.807) is 47.1 Å². The molecule has 0 aliphatic rings. The summed E-state index contributed by atoms with van der Waals surface area (Å²) in [6, 6.07) is 17.7. The van der Waals surface area contributed by atoms with E-state index in [0.717, 1.165) is 11.1 Å². The first-order valence-corrected chi connectivity index (χ1v) is 9.75. The molecule has 2 aromatic heterocycles. The zero-order valence-corrected chi connectivity index (χ0v) is 16.8. The van der Waals surface area contributed by atoms with Crippen molar-refractivity contribution >= 4 is 23.1 Å². The second kappa shape index (κ2) is 8.37. The summed E-state index contributed by atoms with van der Waals surface area (Å²) in [6.07, 6.45) is 1.54. The van der Waals surface area contributed by atoms with Gasteiger partial charge < -0.3 is 16.2 Å². The van der Waals surface area contributed by atoms with Crippen molar-refractivity contribution in [2.45, 2.75) is 19.4 Å². The van der Waals surface area contributed by atoms with E-state index in [-0.39, 0.29) is 18.2 Å². The minimum absolute atomic E-state index is 0.149. The number of hydrogen-bond acceptors (Lipinski definition) is 5. The number of rotatable bonds is 6. The van der Waals surface area contributed by atoms with Crippen LogP contribution < -0.4 is 11.1 Å². The highest BCUT2D eigenvalue weighted by Crippen LogP contribution is 2.23. The monoisotopic (exact) mass is 415 g/mol. The Hall–Kier alpha value is -4.04. The van der Waals surface area contributed by atoms with Crippen molar-refractivity contribution in [2.24, 2.45) is 5.73 Å². The third-order valence-electron chi connectivity index (χ3n) is 4.88. The van der Waals surface area contributed by atoms with Gasteiger partial charge in [0.2, 0.25) is 0 Å². The number of carbonyl (C=O) groups is 2. The van der Waals surface area contributed by atoms with E-state index in [1.165, 1.54) is 0 Å². The Morgan fingerprint density at radius 1 is 1.13 bits per heavy atom. The van der Waals surface area contributed by atoms with Crippen LogP contribution in [0.5, 0.6) is 0 Å². The van der Waals surface area contributed by atoms with Crippen LogP contribution >= 0.6 is 0 Å². The van der Waals surface area contributed by atoms with Crippen molar-refractivity contribution in [1.29, 1.82) is 0 Å². The van der Waals surface area contributed by atoms with Gasteiger partial charge >= 0.3 is 5.97 Å². The van der Waals surface area contributed by atoms with Crippen LogP contribution in [0, 0.1) is 0 Å². The van der Waals surface area contributed by atoms with Crippen molar-refractivity contribution in [1.82, 2.24) is 14.6 Å².